The van der Waals surface area contributed by atoms with Gasteiger partial charge in [0, 0.05) is 49.1 Å². The largest absolute Gasteiger partial charge is 1.00 e. The quantitative estimate of drug-likeness (QED) is 0.338. The van der Waals surface area contributed by atoms with Crippen LogP contribution in [0.4, 0.5) is 0 Å². The summed E-state index contributed by atoms with van der Waals surface area (Å²) in [5, 5.41) is 12.3. The molecule has 1 saturated heterocycles. The Hall–Kier alpha value is -3.59. The van der Waals surface area contributed by atoms with Gasteiger partial charge in [-0.2, -0.15) is 0 Å². The van der Waals surface area contributed by atoms with Gasteiger partial charge in [0.1, 0.15) is 17.1 Å². The van der Waals surface area contributed by atoms with Crippen molar-refractivity contribution in [3.8, 4) is 22.6 Å². The van der Waals surface area contributed by atoms with Gasteiger partial charge in [0.25, 0.3) is 5.91 Å². The Balaban J connectivity index is 0.00000316. The number of likely N-dealkylation sites (tertiary alicyclic amines) is 1. The maximum absolute atomic E-state index is 13.6. The summed E-state index contributed by atoms with van der Waals surface area (Å²) in [4.78, 5) is 40.1. The van der Waals surface area contributed by atoms with Gasteiger partial charge in [-0.3, -0.25) is 9.59 Å². The number of aromatic nitrogens is 1. The van der Waals surface area contributed by atoms with Gasteiger partial charge in [0.2, 0.25) is 0 Å². The molecule has 3 heterocycles. The summed E-state index contributed by atoms with van der Waals surface area (Å²) >= 11 is 0. The number of amides is 1. The van der Waals surface area contributed by atoms with Gasteiger partial charge in [0.05, 0.1) is 30.6 Å². The Morgan fingerprint density at radius 3 is 2.45 bits per heavy atom. The number of carboxylic acid groups (broad SMARTS) is 1. The minimum atomic E-state index is -1.25. The van der Waals surface area contributed by atoms with Gasteiger partial charge in [-0.15, -0.1) is 0 Å². The zero-order valence-electron chi connectivity index (χ0n) is 23.7. The van der Waals surface area contributed by atoms with Crippen molar-refractivity contribution in [2.24, 2.45) is 0 Å². The van der Waals surface area contributed by atoms with Crippen LogP contribution in [0.1, 0.15) is 69.2 Å². The van der Waals surface area contributed by atoms with Crippen molar-refractivity contribution in [1.82, 2.24) is 9.47 Å². The van der Waals surface area contributed by atoms with Gasteiger partial charge in [-0.25, -0.2) is 0 Å². The van der Waals surface area contributed by atoms with Gasteiger partial charge < -0.3 is 28.8 Å². The van der Waals surface area contributed by atoms with E-state index in [4.69, 9.17) is 9.47 Å². The smallest absolute Gasteiger partial charge is 0.545 e. The molecule has 0 radical (unpaired) electrons. The molecule has 1 aromatic heterocycles. The van der Waals surface area contributed by atoms with E-state index in [0.717, 1.165) is 29.3 Å². The third kappa shape index (κ3) is 5.02. The van der Waals surface area contributed by atoms with Crippen molar-refractivity contribution < 1.29 is 58.5 Å². The number of fused-ring (bicyclic) bond motifs is 2. The predicted octanol–water partition coefficient (Wildman–Crippen LogP) is 1.66. The fourth-order valence-electron chi connectivity index (χ4n) is 6.27. The normalized spacial score (nSPS) is 17.4. The first-order valence-corrected chi connectivity index (χ1v) is 14.0. The van der Waals surface area contributed by atoms with Crippen molar-refractivity contribution in [2.45, 2.75) is 43.7 Å². The third-order valence-electron chi connectivity index (χ3n) is 8.69. The van der Waals surface area contributed by atoms with Crippen LogP contribution < -0.4 is 44.1 Å². The van der Waals surface area contributed by atoms with E-state index in [1.807, 2.05) is 29.2 Å². The minimum Gasteiger partial charge on any atom is -0.545 e. The molecule has 0 N–H and O–H groups in total. The number of hydrogen-bond acceptors (Lipinski definition) is 6. The van der Waals surface area contributed by atoms with Crippen LogP contribution in [0, 0.1) is 0 Å². The topological polar surface area (TPSA) is 101 Å². The molecule has 9 heteroatoms. The number of carbonyl (C=O) groups is 3. The van der Waals surface area contributed by atoms with E-state index in [1.54, 1.807) is 31.4 Å². The molecule has 42 heavy (non-hydrogen) atoms. The zero-order chi connectivity index (χ0) is 28.3. The summed E-state index contributed by atoms with van der Waals surface area (Å²) in [6, 6.07) is 18.2. The van der Waals surface area contributed by atoms with E-state index in [9.17, 15) is 19.5 Å². The summed E-state index contributed by atoms with van der Waals surface area (Å²) in [5.41, 5.74) is 2.97. The maximum atomic E-state index is 13.6. The molecule has 0 unspecified atom stereocenters. The number of piperidine rings is 1. The summed E-state index contributed by atoms with van der Waals surface area (Å²) in [6.45, 7) is 0.971. The Kier molecular flexibility index (Phi) is 7.41. The molecule has 0 atom stereocenters. The fourth-order valence-corrected chi connectivity index (χ4v) is 6.27. The van der Waals surface area contributed by atoms with Crippen molar-refractivity contribution in [3.63, 3.8) is 0 Å². The fraction of sp³-hybridized carbons (Fsp3) is 0.303. The van der Waals surface area contributed by atoms with Crippen LogP contribution in [0.25, 0.3) is 22.0 Å². The molecule has 3 aliphatic rings. The summed E-state index contributed by atoms with van der Waals surface area (Å²) < 4.78 is 14.3. The first kappa shape index (κ1) is 28.5. The number of carboxylic acids is 1. The third-order valence-corrected chi connectivity index (χ3v) is 8.69. The number of benzene rings is 3. The van der Waals surface area contributed by atoms with Crippen molar-refractivity contribution >= 4 is 28.6 Å². The molecule has 1 aliphatic carbocycles. The number of rotatable bonds is 5. The second-order valence-electron chi connectivity index (χ2n) is 11.3. The minimum absolute atomic E-state index is 0. The molecular formula is C33H29N2NaO6. The molecule has 7 rings (SSSR count). The van der Waals surface area contributed by atoms with Crippen molar-refractivity contribution in [3.05, 3.63) is 83.6 Å². The number of aromatic carboxylic acids is 1. The molecule has 1 saturated carbocycles. The van der Waals surface area contributed by atoms with E-state index in [-0.39, 0.29) is 53.2 Å². The number of carbonyl (C=O) groups excluding carboxylic acids is 3. The first-order chi connectivity index (χ1) is 19.8. The van der Waals surface area contributed by atoms with E-state index in [2.05, 4.69) is 10.8 Å². The molecule has 208 valence electrons. The summed E-state index contributed by atoms with van der Waals surface area (Å²) in [6.07, 6.45) is 5.72. The zero-order valence-corrected chi connectivity index (χ0v) is 25.7. The summed E-state index contributed by atoms with van der Waals surface area (Å²) in [7, 11) is 1.63. The maximum Gasteiger partial charge on any atom is 1.00 e. The van der Waals surface area contributed by atoms with Crippen LogP contribution in [0.3, 0.4) is 0 Å². The average molecular weight is 573 g/mol. The van der Waals surface area contributed by atoms with Crippen LogP contribution in [0.5, 0.6) is 11.5 Å². The predicted molar refractivity (Wildman–Crippen MR) is 150 cm³/mol. The number of nitrogens with zero attached hydrogens (tertiary/aromatic N) is 2. The number of hydrogen-bond donors (Lipinski definition) is 0. The van der Waals surface area contributed by atoms with Crippen molar-refractivity contribution in [1.29, 1.82) is 0 Å². The molecular weight excluding hydrogens is 543 g/mol. The van der Waals surface area contributed by atoms with Crippen molar-refractivity contribution in [2.75, 3.05) is 20.2 Å². The van der Waals surface area contributed by atoms with Crippen LogP contribution in [0.15, 0.2) is 66.9 Å². The second-order valence-corrected chi connectivity index (χ2v) is 11.3. The Labute approximate surface area is 265 Å². The van der Waals surface area contributed by atoms with Gasteiger partial charge in [0.15, 0.2) is 5.78 Å². The molecule has 4 aromatic rings. The van der Waals surface area contributed by atoms with Gasteiger partial charge in [-0.1, -0.05) is 24.3 Å². The van der Waals surface area contributed by atoms with Crippen LogP contribution in [0.2, 0.25) is 0 Å². The van der Waals surface area contributed by atoms with Crippen LogP contribution in [-0.4, -0.2) is 52.9 Å². The Morgan fingerprint density at radius 2 is 1.74 bits per heavy atom. The molecule has 1 spiro atoms. The Morgan fingerprint density at radius 1 is 0.976 bits per heavy atom. The number of methoxy groups -OCH3 is 1. The number of ether oxygens (including phenoxy) is 2. The molecule has 1 amide bonds. The Bertz CT molecular complexity index is 1730. The SMILES string of the molecule is COc1cc(C(=O)N2CCC3(CC2)CC(=O)c2cc(-c4cccc(C(=O)[O-])c4)ccc2O3)cc2c1ccn2C1CC1.[Na+]. The average Bonchev–Trinajstić information content (AvgIpc) is 3.74. The number of Topliss-reactive ketones (excluding diaryl/α,β-unsaturated/α-hetero) is 1. The van der Waals surface area contributed by atoms with E-state index in [0.29, 0.717) is 60.2 Å². The van der Waals surface area contributed by atoms with E-state index < -0.39 is 11.6 Å². The molecule has 2 fully saturated rings. The van der Waals surface area contributed by atoms with E-state index >= 15 is 0 Å². The molecule has 3 aromatic carbocycles. The monoisotopic (exact) mass is 572 g/mol. The standard InChI is InChI=1S/C33H30N2O6.Na/c1-40-30-18-23(17-27-25(30)9-12-35(27)24-6-7-24)31(37)34-13-10-33(11-14-34)19-28(36)26-16-21(5-8-29(26)41-33)20-3-2-4-22(15-20)32(38)39;/h2-5,8-9,12,15-18,24H,6-7,10-11,13-14,19H2,1H3,(H,38,39);/q;+1/p-1. The van der Waals surface area contributed by atoms with Crippen LogP contribution >= 0.6 is 0 Å². The van der Waals surface area contributed by atoms with E-state index in [1.165, 1.54) is 12.1 Å². The van der Waals surface area contributed by atoms with Crippen LogP contribution in [-0.2, 0) is 0 Å². The molecule has 2 aliphatic heterocycles. The first-order valence-electron chi connectivity index (χ1n) is 14.0. The second kappa shape index (κ2) is 10.9. The summed E-state index contributed by atoms with van der Waals surface area (Å²) in [5.74, 6) is -0.0859. The van der Waals surface area contributed by atoms with Gasteiger partial charge >= 0.3 is 29.6 Å². The van der Waals surface area contributed by atoms with Gasteiger partial charge in [-0.05, 0) is 65.9 Å². The number of ketones is 1. The molecule has 8 nitrogen and oxygen atoms in total. The molecule has 0 bridgehead atoms.